The summed E-state index contributed by atoms with van der Waals surface area (Å²) < 4.78 is 17.5. The van der Waals surface area contributed by atoms with Crippen molar-refractivity contribution in [3.8, 4) is 23.3 Å². The van der Waals surface area contributed by atoms with E-state index in [1.165, 1.54) is 4.90 Å². The van der Waals surface area contributed by atoms with Crippen LogP contribution in [0.4, 0.5) is 4.79 Å². The Balaban J connectivity index is 1.43. The van der Waals surface area contributed by atoms with Crippen LogP contribution in [0.1, 0.15) is 34.7 Å². The molecule has 0 atom stereocenters. The molecule has 2 amide bonds. The number of hydrogen-bond acceptors (Lipinski definition) is 7. The molecule has 1 heterocycles. The first kappa shape index (κ1) is 26.8. The lowest BCUT2D eigenvalue weighted by Crippen LogP contribution is -2.32. The molecule has 0 aromatic heterocycles. The quantitative estimate of drug-likeness (QED) is 0.287. The van der Waals surface area contributed by atoms with Crippen LogP contribution < -0.4 is 14.2 Å². The molecule has 7 nitrogen and oxygen atoms in total. The van der Waals surface area contributed by atoms with E-state index in [-0.39, 0.29) is 30.9 Å². The van der Waals surface area contributed by atoms with Gasteiger partial charge in [-0.25, -0.2) is 0 Å². The van der Waals surface area contributed by atoms with E-state index in [1.807, 2.05) is 57.2 Å². The number of imide groups is 1. The third-order valence-corrected chi connectivity index (χ3v) is 6.78. The highest BCUT2D eigenvalue weighted by Gasteiger charge is 2.34. The van der Waals surface area contributed by atoms with Crippen molar-refractivity contribution in [3.05, 3.63) is 93.4 Å². The van der Waals surface area contributed by atoms with E-state index >= 15 is 0 Å². The van der Waals surface area contributed by atoms with Crippen LogP contribution in [0.3, 0.4) is 0 Å². The van der Waals surface area contributed by atoms with Gasteiger partial charge in [0.1, 0.15) is 19.0 Å². The second-order valence-corrected chi connectivity index (χ2v) is 9.64. The van der Waals surface area contributed by atoms with Gasteiger partial charge in [-0.1, -0.05) is 36.4 Å². The highest BCUT2D eigenvalue weighted by Crippen LogP contribution is 2.35. The second kappa shape index (κ2) is 12.3. The summed E-state index contributed by atoms with van der Waals surface area (Å²) in [5.74, 6) is 1.43. The van der Waals surface area contributed by atoms with Crippen molar-refractivity contribution in [3.63, 3.8) is 0 Å². The molecule has 0 radical (unpaired) electrons. The average molecular weight is 529 g/mol. The highest BCUT2D eigenvalue weighted by molar-refractivity contribution is 8.18. The number of rotatable bonds is 10. The van der Waals surface area contributed by atoms with E-state index in [9.17, 15) is 14.9 Å². The topological polar surface area (TPSA) is 88.9 Å². The molecule has 1 aliphatic heterocycles. The van der Waals surface area contributed by atoms with Crippen molar-refractivity contribution in [2.45, 2.75) is 27.4 Å². The number of aryl methyl sites for hydroxylation is 2. The summed E-state index contributed by atoms with van der Waals surface area (Å²) in [6.45, 7) is 6.82. The van der Waals surface area contributed by atoms with Gasteiger partial charge >= 0.3 is 0 Å². The lowest BCUT2D eigenvalue weighted by atomic mass is 10.1. The fourth-order valence-electron chi connectivity index (χ4n) is 3.87. The Kier molecular flexibility index (Phi) is 8.72. The maximum Gasteiger partial charge on any atom is 0.293 e. The molecule has 38 heavy (non-hydrogen) atoms. The minimum atomic E-state index is -0.351. The molecule has 0 N–H and O–H groups in total. The van der Waals surface area contributed by atoms with Crippen LogP contribution in [-0.2, 0) is 11.4 Å². The molecule has 1 saturated heterocycles. The van der Waals surface area contributed by atoms with Gasteiger partial charge < -0.3 is 14.2 Å². The number of nitrogens with zero attached hydrogens (tertiary/aromatic N) is 2. The maximum atomic E-state index is 13.0. The monoisotopic (exact) mass is 528 g/mol. The standard InChI is InChI=1S/C30H28N2O5S/c1-4-35-27-16-22(11-12-25(27)37-19-24-8-6-5-7-23(24)18-31)17-28-29(33)32(30(34)38-28)13-14-36-26-15-20(2)9-10-21(26)3/h5-12,15-17H,4,13-14,19H2,1-3H3/b28-17-. The van der Waals surface area contributed by atoms with Crippen LogP contribution in [-0.4, -0.2) is 35.8 Å². The predicted octanol–water partition coefficient (Wildman–Crippen LogP) is 6.27. The molecule has 194 valence electrons. The molecule has 1 aliphatic rings. The summed E-state index contributed by atoms with van der Waals surface area (Å²) in [5.41, 5.74) is 4.11. The van der Waals surface area contributed by atoms with Gasteiger partial charge in [-0.3, -0.25) is 14.5 Å². The van der Waals surface area contributed by atoms with Crippen LogP contribution >= 0.6 is 11.8 Å². The smallest absolute Gasteiger partial charge is 0.293 e. The average Bonchev–Trinajstić information content (AvgIpc) is 3.17. The van der Waals surface area contributed by atoms with Crippen LogP contribution in [0.2, 0.25) is 0 Å². The number of nitriles is 1. The first-order chi connectivity index (χ1) is 18.4. The number of ether oxygens (including phenoxy) is 3. The lowest BCUT2D eigenvalue weighted by Gasteiger charge is -2.15. The zero-order valence-electron chi connectivity index (χ0n) is 21.5. The van der Waals surface area contributed by atoms with Crippen molar-refractivity contribution in [2.24, 2.45) is 0 Å². The molecule has 1 fully saturated rings. The molecule has 3 aromatic carbocycles. The van der Waals surface area contributed by atoms with Gasteiger partial charge in [0, 0.05) is 5.56 Å². The third-order valence-electron chi connectivity index (χ3n) is 5.88. The Morgan fingerprint density at radius 3 is 2.55 bits per heavy atom. The fourth-order valence-corrected chi connectivity index (χ4v) is 4.73. The summed E-state index contributed by atoms with van der Waals surface area (Å²) in [6, 6.07) is 20.7. The minimum absolute atomic E-state index is 0.163. The number of thioether (sulfide) groups is 1. The molecular weight excluding hydrogens is 500 g/mol. The van der Waals surface area contributed by atoms with Crippen LogP contribution in [0.15, 0.2) is 65.6 Å². The van der Waals surface area contributed by atoms with Crippen molar-refractivity contribution >= 4 is 29.0 Å². The van der Waals surface area contributed by atoms with Crippen molar-refractivity contribution in [1.29, 1.82) is 5.26 Å². The number of carbonyl (C=O) groups excluding carboxylic acids is 2. The molecule has 0 aliphatic carbocycles. The van der Waals surface area contributed by atoms with E-state index in [4.69, 9.17) is 14.2 Å². The Labute approximate surface area is 226 Å². The van der Waals surface area contributed by atoms with Gasteiger partial charge in [-0.2, -0.15) is 5.26 Å². The van der Waals surface area contributed by atoms with Crippen LogP contribution in [0.5, 0.6) is 17.2 Å². The van der Waals surface area contributed by atoms with Gasteiger partial charge in [-0.15, -0.1) is 0 Å². The number of carbonyl (C=O) groups is 2. The maximum absolute atomic E-state index is 13.0. The first-order valence-electron chi connectivity index (χ1n) is 12.2. The van der Waals surface area contributed by atoms with Crippen molar-refractivity contribution in [1.82, 2.24) is 4.90 Å². The van der Waals surface area contributed by atoms with Crippen molar-refractivity contribution in [2.75, 3.05) is 19.8 Å². The molecule has 3 aromatic rings. The lowest BCUT2D eigenvalue weighted by molar-refractivity contribution is -0.123. The fraction of sp³-hybridized carbons (Fsp3) is 0.233. The Hall–Kier alpha value is -4.22. The number of hydrogen-bond donors (Lipinski definition) is 0. The second-order valence-electron chi connectivity index (χ2n) is 8.65. The number of benzene rings is 3. The number of amides is 2. The molecular formula is C30H28N2O5S. The normalized spacial score (nSPS) is 14.1. The van der Waals surface area contributed by atoms with E-state index in [2.05, 4.69) is 6.07 Å². The Morgan fingerprint density at radius 2 is 1.76 bits per heavy atom. The third kappa shape index (κ3) is 6.36. The van der Waals surface area contributed by atoms with Gasteiger partial charge in [0.05, 0.1) is 29.7 Å². The van der Waals surface area contributed by atoms with Crippen LogP contribution in [0, 0.1) is 25.2 Å². The molecule has 0 bridgehead atoms. The van der Waals surface area contributed by atoms with Gasteiger partial charge in [0.15, 0.2) is 11.5 Å². The molecule has 4 rings (SSSR count). The Morgan fingerprint density at radius 1 is 0.947 bits per heavy atom. The van der Waals surface area contributed by atoms with Crippen molar-refractivity contribution < 1.29 is 23.8 Å². The van der Waals surface area contributed by atoms with Gasteiger partial charge in [-0.05, 0) is 79.6 Å². The zero-order valence-corrected chi connectivity index (χ0v) is 22.3. The van der Waals surface area contributed by atoms with Gasteiger partial charge in [0.2, 0.25) is 0 Å². The van der Waals surface area contributed by atoms with E-state index in [0.29, 0.717) is 34.1 Å². The van der Waals surface area contributed by atoms with E-state index in [0.717, 1.165) is 34.2 Å². The minimum Gasteiger partial charge on any atom is -0.491 e. The van der Waals surface area contributed by atoms with E-state index in [1.54, 1.807) is 30.3 Å². The summed E-state index contributed by atoms with van der Waals surface area (Å²) in [5, 5.41) is 8.98. The molecule has 0 unspecified atom stereocenters. The van der Waals surface area contributed by atoms with Crippen LogP contribution in [0.25, 0.3) is 6.08 Å². The summed E-state index contributed by atoms with van der Waals surface area (Å²) in [4.78, 5) is 27.0. The highest BCUT2D eigenvalue weighted by atomic mass is 32.2. The Bertz CT molecular complexity index is 1430. The molecule has 0 spiro atoms. The first-order valence-corrected chi connectivity index (χ1v) is 13.0. The SMILES string of the molecule is CCOc1cc(/C=C2\SC(=O)N(CCOc3cc(C)ccc3C)C2=O)ccc1OCc1ccccc1C#N. The zero-order chi connectivity index (χ0) is 27.1. The van der Waals surface area contributed by atoms with Gasteiger partial charge in [0.25, 0.3) is 11.1 Å². The summed E-state index contributed by atoms with van der Waals surface area (Å²) in [7, 11) is 0. The summed E-state index contributed by atoms with van der Waals surface area (Å²) in [6.07, 6.45) is 1.67. The summed E-state index contributed by atoms with van der Waals surface area (Å²) >= 11 is 0.904. The van der Waals surface area contributed by atoms with E-state index < -0.39 is 0 Å². The largest absolute Gasteiger partial charge is 0.491 e. The molecule has 0 saturated carbocycles. The molecule has 8 heteroatoms. The predicted molar refractivity (Wildman–Crippen MR) is 147 cm³/mol.